The van der Waals surface area contributed by atoms with Crippen LogP contribution >= 0.6 is 11.8 Å². The first-order chi connectivity index (χ1) is 15.1. The van der Waals surface area contributed by atoms with Gasteiger partial charge in [-0.05, 0) is 31.2 Å². The number of benzene rings is 2. The molecule has 0 fully saturated rings. The lowest BCUT2D eigenvalue weighted by molar-refractivity contribution is -0.145. The molecule has 162 valence electrons. The van der Waals surface area contributed by atoms with Crippen LogP contribution in [0.25, 0.3) is 11.3 Å². The zero-order valence-corrected chi connectivity index (χ0v) is 18.6. The number of ether oxygens (including phenoxy) is 2. The SMILES string of the molecule is CCOC(=O)COc1ccc(SCCn2c(CC)nc(-c3ccccc3)cc2=O)cc1. The molecule has 0 aliphatic carbocycles. The van der Waals surface area contributed by atoms with Crippen molar-refractivity contribution >= 4 is 17.7 Å². The Morgan fingerprint density at radius 1 is 1.06 bits per heavy atom. The molecule has 3 aromatic rings. The monoisotopic (exact) mass is 438 g/mol. The van der Waals surface area contributed by atoms with E-state index in [0.29, 0.717) is 31.0 Å². The summed E-state index contributed by atoms with van der Waals surface area (Å²) >= 11 is 1.65. The highest BCUT2D eigenvalue weighted by atomic mass is 32.2. The van der Waals surface area contributed by atoms with Crippen molar-refractivity contribution in [3.8, 4) is 17.0 Å². The zero-order chi connectivity index (χ0) is 22.1. The molecule has 1 heterocycles. The van der Waals surface area contributed by atoms with Crippen molar-refractivity contribution in [1.29, 1.82) is 0 Å². The van der Waals surface area contributed by atoms with E-state index in [9.17, 15) is 9.59 Å². The van der Waals surface area contributed by atoms with Gasteiger partial charge in [-0.15, -0.1) is 11.8 Å². The molecule has 0 spiro atoms. The van der Waals surface area contributed by atoms with Crippen LogP contribution in [0.2, 0.25) is 0 Å². The van der Waals surface area contributed by atoms with Gasteiger partial charge in [-0.2, -0.15) is 0 Å². The highest BCUT2D eigenvalue weighted by molar-refractivity contribution is 7.99. The first kappa shape index (κ1) is 22.6. The number of hydrogen-bond donors (Lipinski definition) is 0. The quantitative estimate of drug-likeness (QED) is 0.349. The summed E-state index contributed by atoms with van der Waals surface area (Å²) in [5.74, 6) is 1.75. The Morgan fingerprint density at radius 3 is 2.48 bits per heavy atom. The van der Waals surface area contributed by atoms with Crippen molar-refractivity contribution in [2.45, 2.75) is 31.7 Å². The molecule has 0 saturated heterocycles. The van der Waals surface area contributed by atoms with E-state index in [1.807, 2.05) is 61.5 Å². The number of nitrogens with zero attached hydrogens (tertiary/aromatic N) is 2. The topological polar surface area (TPSA) is 70.4 Å². The fraction of sp³-hybridized carbons (Fsp3) is 0.292. The van der Waals surface area contributed by atoms with Gasteiger partial charge in [0.1, 0.15) is 11.6 Å². The predicted octanol–water partition coefficient (Wildman–Crippen LogP) is 4.21. The van der Waals surface area contributed by atoms with Gasteiger partial charge in [0.15, 0.2) is 6.61 Å². The van der Waals surface area contributed by atoms with Crippen LogP contribution in [0.1, 0.15) is 19.7 Å². The van der Waals surface area contributed by atoms with Gasteiger partial charge in [0, 0.05) is 35.2 Å². The number of hydrogen-bond acceptors (Lipinski definition) is 6. The Hall–Kier alpha value is -3.06. The Bertz CT molecular complexity index is 1050. The molecule has 0 N–H and O–H groups in total. The molecule has 0 radical (unpaired) electrons. The molecule has 0 saturated carbocycles. The Kier molecular flexibility index (Phi) is 8.29. The van der Waals surface area contributed by atoms with Crippen LogP contribution in [0, 0.1) is 0 Å². The lowest BCUT2D eigenvalue weighted by Crippen LogP contribution is -2.25. The second kappa shape index (κ2) is 11.4. The van der Waals surface area contributed by atoms with Crippen LogP contribution in [0.15, 0.2) is 70.4 Å². The van der Waals surface area contributed by atoms with Crippen molar-refractivity contribution in [2.75, 3.05) is 19.0 Å². The molecule has 31 heavy (non-hydrogen) atoms. The normalized spacial score (nSPS) is 10.6. The van der Waals surface area contributed by atoms with Gasteiger partial charge in [0.2, 0.25) is 0 Å². The number of carbonyl (C=O) groups excluding carboxylic acids is 1. The molecule has 7 heteroatoms. The maximum Gasteiger partial charge on any atom is 0.344 e. The predicted molar refractivity (Wildman–Crippen MR) is 123 cm³/mol. The van der Waals surface area contributed by atoms with Crippen molar-refractivity contribution < 1.29 is 14.3 Å². The van der Waals surface area contributed by atoms with Gasteiger partial charge in [-0.1, -0.05) is 37.3 Å². The number of aromatic nitrogens is 2. The number of aryl methyl sites for hydroxylation is 1. The Morgan fingerprint density at radius 2 is 1.81 bits per heavy atom. The molecule has 0 aliphatic heterocycles. The Labute approximate surface area is 186 Å². The van der Waals surface area contributed by atoms with Crippen LogP contribution in [0.4, 0.5) is 0 Å². The minimum absolute atomic E-state index is 0.0333. The summed E-state index contributed by atoms with van der Waals surface area (Å²) in [6.45, 7) is 4.58. The van der Waals surface area contributed by atoms with Crippen LogP contribution in [-0.4, -0.2) is 34.5 Å². The van der Waals surface area contributed by atoms with Crippen LogP contribution in [0.3, 0.4) is 0 Å². The molecule has 6 nitrogen and oxygen atoms in total. The first-order valence-corrected chi connectivity index (χ1v) is 11.3. The van der Waals surface area contributed by atoms with Gasteiger partial charge in [0.05, 0.1) is 12.3 Å². The second-order valence-corrected chi connectivity index (χ2v) is 7.85. The summed E-state index contributed by atoms with van der Waals surface area (Å²) < 4.78 is 12.0. The number of rotatable bonds is 10. The molecule has 0 atom stereocenters. The first-order valence-electron chi connectivity index (χ1n) is 10.3. The van der Waals surface area contributed by atoms with E-state index >= 15 is 0 Å². The van der Waals surface area contributed by atoms with Gasteiger partial charge in [-0.25, -0.2) is 9.78 Å². The molecule has 2 aromatic carbocycles. The number of esters is 1. The zero-order valence-electron chi connectivity index (χ0n) is 17.7. The molecule has 1 aromatic heterocycles. The van der Waals surface area contributed by atoms with E-state index < -0.39 is 0 Å². The van der Waals surface area contributed by atoms with Crippen molar-refractivity contribution in [1.82, 2.24) is 9.55 Å². The van der Waals surface area contributed by atoms with E-state index in [4.69, 9.17) is 14.5 Å². The maximum atomic E-state index is 12.7. The van der Waals surface area contributed by atoms with E-state index in [0.717, 1.165) is 22.0 Å². The van der Waals surface area contributed by atoms with Gasteiger partial charge in [0.25, 0.3) is 5.56 Å². The summed E-state index contributed by atoms with van der Waals surface area (Å²) in [6.07, 6.45) is 0.688. The molecule has 0 unspecified atom stereocenters. The van der Waals surface area contributed by atoms with Gasteiger partial charge >= 0.3 is 5.97 Å². The third-order valence-corrected chi connectivity index (χ3v) is 5.53. The van der Waals surface area contributed by atoms with Gasteiger partial charge < -0.3 is 9.47 Å². The third-order valence-electron chi connectivity index (χ3n) is 4.54. The largest absolute Gasteiger partial charge is 0.482 e. The van der Waals surface area contributed by atoms with Gasteiger partial charge in [-0.3, -0.25) is 9.36 Å². The van der Waals surface area contributed by atoms with Crippen molar-refractivity contribution in [3.05, 3.63) is 76.8 Å². The third kappa shape index (κ3) is 6.46. The number of thioether (sulfide) groups is 1. The maximum absolute atomic E-state index is 12.7. The molecular weight excluding hydrogens is 412 g/mol. The average molecular weight is 439 g/mol. The average Bonchev–Trinajstić information content (AvgIpc) is 2.80. The molecular formula is C24H26N2O4S. The van der Waals surface area contributed by atoms with Crippen LogP contribution < -0.4 is 10.3 Å². The summed E-state index contributed by atoms with van der Waals surface area (Å²) in [7, 11) is 0. The summed E-state index contributed by atoms with van der Waals surface area (Å²) in [6, 6.07) is 18.9. The lowest BCUT2D eigenvalue weighted by atomic mass is 10.1. The van der Waals surface area contributed by atoms with E-state index in [1.54, 1.807) is 29.3 Å². The van der Waals surface area contributed by atoms with E-state index in [-0.39, 0.29) is 18.1 Å². The minimum atomic E-state index is -0.384. The molecule has 0 bridgehead atoms. The number of carbonyl (C=O) groups is 1. The molecule has 3 rings (SSSR count). The summed E-state index contributed by atoms with van der Waals surface area (Å²) in [5, 5.41) is 0. The second-order valence-electron chi connectivity index (χ2n) is 6.68. The summed E-state index contributed by atoms with van der Waals surface area (Å²) in [5.41, 5.74) is 1.62. The minimum Gasteiger partial charge on any atom is -0.482 e. The molecule has 0 aliphatic rings. The molecule has 0 amide bonds. The van der Waals surface area contributed by atoms with E-state index in [1.165, 1.54) is 0 Å². The van der Waals surface area contributed by atoms with Crippen LogP contribution in [-0.2, 0) is 22.5 Å². The smallest absolute Gasteiger partial charge is 0.344 e. The van der Waals surface area contributed by atoms with Crippen molar-refractivity contribution in [3.63, 3.8) is 0 Å². The van der Waals surface area contributed by atoms with E-state index in [2.05, 4.69) is 0 Å². The Balaban J connectivity index is 1.59. The van der Waals surface area contributed by atoms with Crippen molar-refractivity contribution in [2.24, 2.45) is 0 Å². The lowest BCUT2D eigenvalue weighted by Gasteiger charge is -2.12. The highest BCUT2D eigenvalue weighted by Crippen LogP contribution is 2.22. The fourth-order valence-electron chi connectivity index (χ4n) is 3.05. The van der Waals surface area contributed by atoms with Crippen LogP contribution in [0.5, 0.6) is 5.75 Å². The standard InChI is InChI=1S/C24H26N2O4S/c1-3-22-25-21(18-8-6-5-7-9-18)16-23(27)26(22)14-15-31-20-12-10-19(11-13-20)30-17-24(28)29-4-2/h5-13,16H,3-4,14-15,17H2,1-2H3. The highest BCUT2D eigenvalue weighted by Gasteiger charge is 2.09. The fourth-order valence-corrected chi connectivity index (χ4v) is 3.89. The summed E-state index contributed by atoms with van der Waals surface area (Å²) in [4.78, 5) is 29.8.